The van der Waals surface area contributed by atoms with E-state index in [1.54, 1.807) is 0 Å². The van der Waals surface area contributed by atoms with E-state index in [9.17, 15) is 0 Å². The number of aromatic nitrogens is 2. The summed E-state index contributed by atoms with van der Waals surface area (Å²) in [6.45, 7) is 8.66. The van der Waals surface area contributed by atoms with Gasteiger partial charge < -0.3 is 4.74 Å². The Morgan fingerprint density at radius 3 is 2.35 bits per heavy atom. The van der Waals surface area contributed by atoms with E-state index in [0.29, 0.717) is 12.5 Å². The molecule has 0 unspecified atom stereocenters. The summed E-state index contributed by atoms with van der Waals surface area (Å²) in [5, 5.41) is 4.29. The first-order valence-electron chi connectivity index (χ1n) is 6.05. The first-order chi connectivity index (χ1) is 8.29. The maximum absolute atomic E-state index is 5.30. The second kappa shape index (κ2) is 6.74. The Bertz CT molecular complexity index is 432. The standard InChI is InChI=1S/C12H14N2O.C2H6/c1-3-15-12-8-9-14(13-12)11-6-4-10(2)5-7-11;1-2/h4-9H,3H2,1-2H3;1-2H3. The van der Waals surface area contributed by atoms with E-state index in [-0.39, 0.29) is 0 Å². The lowest BCUT2D eigenvalue weighted by molar-refractivity contribution is 0.324. The maximum Gasteiger partial charge on any atom is 0.233 e. The van der Waals surface area contributed by atoms with Gasteiger partial charge in [-0.25, -0.2) is 4.68 Å². The second-order valence-corrected chi connectivity index (χ2v) is 3.37. The zero-order valence-electron chi connectivity index (χ0n) is 11.0. The maximum atomic E-state index is 5.30. The third-order valence-corrected chi connectivity index (χ3v) is 2.16. The molecule has 2 aromatic rings. The van der Waals surface area contributed by atoms with Gasteiger partial charge in [-0.1, -0.05) is 31.5 Å². The van der Waals surface area contributed by atoms with Crippen molar-refractivity contribution in [3.05, 3.63) is 42.1 Å². The number of hydrogen-bond acceptors (Lipinski definition) is 2. The van der Waals surface area contributed by atoms with Crippen LogP contribution in [0.1, 0.15) is 26.3 Å². The lowest BCUT2D eigenvalue weighted by atomic mass is 10.2. The average molecular weight is 232 g/mol. The molecule has 1 aromatic carbocycles. The zero-order chi connectivity index (χ0) is 12.7. The highest BCUT2D eigenvalue weighted by molar-refractivity contribution is 5.34. The van der Waals surface area contributed by atoms with Gasteiger partial charge in [0.1, 0.15) is 0 Å². The molecule has 1 aromatic heterocycles. The van der Waals surface area contributed by atoms with Crippen LogP contribution in [0.2, 0.25) is 0 Å². The highest BCUT2D eigenvalue weighted by atomic mass is 16.5. The number of benzene rings is 1. The Hall–Kier alpha value is -1.77. The molecule has 0 aliphatic carbocycles. The van der Waals surface area contributed by atoms with Crippen molar-refractivity contribution in [2.45, 2.75) is 27.7 Å². The molecular weight excluding hydrogens is 212 g/mol. The molecule has 0 aliphatic heterocycles. The van der Waals surface area contributed by atoms with Gasteiger partial charge in [0.15, 0.2) is 0 Å². The highest BCUT2D eigenvalue weighted by Crippen LogP contribution is 2.12. The van der Waals surface area contributed by atoms with E-state index in [1.165, 1.54) is 5.56 Å². The van der Waals surface area contributed by atoms with Crippen LogP contribution >= 0.6 is 0 Å². The molecule has 0 radical (unpaired) electrons. The molecule has 0 amide bonds. The van der Waals surface area contributed by atoms with E-state index >= 15 is 0 Å². The fourth-order valence-corrected chi connectivity index (χ4v) is 1.37. The molecule has 3 nitrogen and oxygen atoms in total. The first kappa shape index (κ1) is 13.3. The lowest BCUT2D eigenvalue weighted by Crippen LogP contribution is -1.97. The Morgan fingerprint density at radius 1 is 1.12 bits per heavy atom. The molecule has 92 valence electrons. The SMILES string of the molecule is CC.CCOc1ccn(-c2ccc(C)cc2)n1. The summed E-state index contributed by atoms with van der Waals surface area (Å²) >= 11 is 0. The molecule has 0 N–H and O–H groups in total. The molecule has 0 bridgehead atoms. The second-order valence-electron chi connectivity index (χ2n) is 3.37. The van der Waals surface area contributed by atoms with Gasteiger partial charge in [0.2, 0.25) is 5.88 Å². The molecule has 0 saturated heterocycles. The fraction of sp³-hybridized carbons (Fsp3) is 0.357. The fourth-order valence-electron chi connectivity index (χ4n) is 1.37. The Labute approximate surface area is 103 Å². The number of aryl methyl sites for hydroxylation is 1. The summed E-state index contributed by atoms with van der Waals surface area (Å²) in [5.74, 6) is 0.665. The molecule has 0 spiro atoms. The predicted molar refractivity (Wildman–Crippen MR) is 70.8 cm³/mol. The lowest BCUT2D eigenvalue weighted by Gasteiger charge is -2.01. The summed E-state index contributed by atoms with van der Waals surface area (Å²) in [7, 11) is 0. The third-order valence-electron chi connectivity index (χ3n) is 2.16. The van der Waals surface area contributed by atoms with E-state index < -0.39 is 0 Å². The molecule has 2 rings (SSSR count). The molecule has 0 atom stereocenters. The van der Waals surface area contributed by atoms with Crippen molar-refractivity contribution in [2.24, 2.45) is 0 Å². The number of rotatable bonds is 3. The van der Waals surface area contributed by atoms with Gasteiger partial charge in [0.25, 0.3) is 0 Å². The van der Waals surface area contributed by atoms with Crippen LogP contribution in [0.25, 0.3) is 5.69 Å². The van der Waals surface area contributed by atoms with E-state index in [4.69, 9.17) is 4.74 Å². The molecule has 3 heteroatoms. The summed E-state index contributed by atoms with van der Waals surface area (Å²) in [6, 6.07) is 10.1. The first-order valence-corrected chi connectivity index (χ1v) is 6.05. The monoisotopic (exact) mass is 232 g/mol. The van der Waals surface area contributed by atoms with Crippen LogP contribution in [0.15, 0.2) is 36.5 Å². The molecule has 1 heterocycles. The van der Waals surface area contributed by atoms with Crippen LogP contribution in [-0.4, -0.2) is 16.4 Å². The summed E-state index contributed by atoms with van der Waals surface area (Å²) in [6.07, 6.45) is 1.90. The largest absolute Gasteiger partial charge is 0.477 e. The van der Waals surface area contributed by atoms with Crippen LogP contribution in [0.5, 0.6) is 5.88 Å². The van der Waals surface area contributed by atoms with Gasteiger partial charge in [-0.3, -0.25) is 0 Å². The normalized spacial score (nSPS) is 9.41. The zero-order valence-corrected chi connectivity index (χ0v) is 11.0. The number of ether oxygens (including phenoxy) is 1. The minimum absolute atomic E-state index is 0.644. The van der Waals surface area contributed by atoms with Gasteiger partial charge in [-0.05, 0) is 26.0 Å². The van der Waals surface area contributed by atoms with Gasteiger partial charge >= 0.3 is 0 Å². The smallest absolute Gasteiger partial charge is 0.233 e. The van der Waals surface area contributed by atoms with Crippen molar-refractivity contribution >= 4 is 0 Å². The molecule has 17 heavy (non-hydrogen) atoms. The van der Waals surface area contributed by atoms with Crippen molar-refractivity contribution in [3.8, 4) is 11.6 Å². The molecule has 0 aliphatic rings. The minimum Gasteiger partial charge on any atom is -0.477 e. The number of nitrogens with zero attached hydrogens (tertiary/aromatic N) is 2. The van der Waals surface area contributed by atoms with E-state index in [1.807, 2.05) is 49.8 Å². The topological polar surface area (TPSA) is 27.1 Å². The van der Waals surface area contributed by atoms with Gasteiger partial charge in [-0.2, -0.15) is 0 Å². The van der Waals surface area contributed by atoms with Gasteiger partial charge in [0.05, 0.1) is 12.3 Å². The molecule has 0 saturated carbocycles. The van der Waals surface area contributed by atoms with Crippen LogP contribution in [0.4, 0.5) is 0 Å². The van der Waals surface area contributed by atoms with Crippen LogP contribution in [-0.2, 0) is 0 Å². The van der Waals surface area contributed by atoms with Crippen LogP contribution < -0.4 is 4.74 Å². The van der Waals surface area contributed by atoms with E-state index in [0.717, 1.165) is 5.69 Å². The Morgan fingerprint density at radius 2 is 1.76 bits per heavy atom. The Balaban J connectivity index is 0.000000686. The van der Waals surface area contributed by atoms with E-state index in [2.05, 4.69) is 24.2 Å². The average Bonchev–Trinajstić information content (AvgIpc) is 2.82. The molecular formula is C14H20N2O. The van der Waals surface area contributed by atoms with Crippen molar-refractivity contribution in [1.82, 2.24) is 9.78 Å². The minimum atomic E-state index is 0.644. The molecule has 0 fully saturated rings. The quantitative estimate of drug-likeness (QED) is 0.808. The van der Waals surface area contributed by atoms with Crippen molar-refractivity contribution < 1.29 is 4.74 Å². The van der Waals surface area contributed by atoms with Gasteiger partial charge in [-0.15, -0.1) is 5.10 Å². The summed E-state index contributed by atoms with van der Waals surface area (Å²) in [4.78, 5) is 0. The van der Waals surface area contributed by atoms with Crippen LogP contribution in [0, 0.1) is 6.92 Å². The van der Waals surface area contributed by atoms with Crippen molar-refractivity contribution in [3.63, 3.8) is 0 Å². The third kappa shape index (κ3) is 3.63. The van der Waals surface area contributed by atoms with Crippen LogP contribution in [0.3, 0.4) is 0 Å². The summed E-state index contributed by atoms with van der Waals surface area (Å²) in [5.41, 5.74) is 2.29. The van der Waals surface area contributed by atoms with Crippen molar-refractivity contribution in [1.29, 1.82) is 0 Å². The number of hydrogen-bond donors (Lipinski definition) is 0. The van der Waals surface area contributed by atoms with Gasteiger partial charge in [0, 0.05) is 12.3 Å². The highest BCUT2D eigenvalue weighted by Gasteiger charge is 2.00. The predicted octanol–water partition coefficient (Wildman–Crippen LogP) is 3.61. The van der Waals surface area contributed by atoms with Crippen molar-refractivity contribution in [2.75, 3.05) is 6.61 Å². The Kier molecular flexibility index (Phi) is 5.27. The summed E-state index contributed by atoms with van der Waals surface area (Å²) < 4.78 is 7.11.